The van der Waals surface area contributed by atoms with E-state index < -0.39 is 6.10 Å². The Labute approximate surface area is 122 Å². The largest absolute Gasteiger partial charge is 0.466 e. The smallest absolute Gasteiger partial charge is 0.302 e. The molecule has 0 aromatic rings. The van der Waals surface area contributed by atoms with E-state index in [0.29, 0.717) is 6.61 Å². The first-order valence-corrected chi connectivity index (χ1v) is 6.59. The molecule has 0 aliphatic heterocycles. The van der Waals surface area contributed by atoms with Gasteiger partial charge < -0.3 is 29.9 Å². The van der Waals surface area contributed by atoms with Crippen LogP contribution in [0.1, 0.15) is 34.6 Å². The van der Waals surface area contributed by atoms with Crippen LogP contribution in [0.3, 0.4) is 0 Å². The van der Waals surface area contributed by atoms with E-state index in [1.165, 1.54) is 13.8 Å². The zero-order chi connectivity index (χ0) is 16.8. The number of ether oxygens (including phenoxy) is 2. The van der Waals surface area contributed by atoms with Crippen LogP contribution in [0.15, 0.2) is 0 Å². The lowest BCUT2D eigenvalue weighted by Crippen LogP contribution is -2.03. The summed E-state index contributed by atoms with van der Waals surface area (Å²) in [5, 5.41) is 31.3. The minimum absolute atomic E-state index is 0.125. The second-order valence-corrected chi connectivity index (χ2v) is 3.18. The molecule has 0 bridgehead atoms. The van der Waals surface area contributed by atoms with E-state index in [9.17, 15) is 4.79 Å². The maximum absolute atomic E-state index is 9.82. The summed E-state index contributed by atoms with van der Waals surface area (Å²) in [6, 6.07) is 0. The fourth-order valence-electron chi connectivity index (χ4n) is 0.407. The molecule has 1 unspecified atom stereocenters. The minimum atomic E-state index is -0.560. The van der Waals surface area contributed by atoms with Gasteiger partial charge in [-0.05, 0) is 27.7 Å². The van der Waals surface area contributed by atoms with Crippen LogP contribution < -0.4 is 0 Å². The van der Waals surface area contributed by atoms with Gasteiger partial charge in [0.2, 0.25) is 0 Å². The summed E-state index contributed by atoms with van der Waals surface area (Å²) in [6.45, 7) is 10.5. The molecule has 1 atom stereocenters. The first-order chi connectivity index (χ1) is 9.37. The van der Waals surface area contributed by atoms with Crippen LogP contribution in [-0.2, 0) is 14.3 Å². The summed E-state index contributed by atoms with van der Waals surface area (Å²) in [5.74, 6) is -0.211. The van der Waals surface area contributed by atoms with Crippen LogP contribution in [0.4, 0.5) is 0 Å². The summed E-state index contributed by atoms with van der Waals surface area (Å²) in [4.78, 5) is 9.82. The normalized spacial score (nSPS) is 9.65. The standard InChI is InChI=1S/C4H8O2.C4H10O.C3H8O2.C2H6O2/c1-3-6-4(2)5;1-3-5-4-2;1-3(5)2-4;3-1-2-4/h3H2,1-2H3;3-4H2,1-2H3;3-5H,2H2,1H3;3-4H,1-2H2. The Morgan fingerprint density at radius 3 is 1.35 bits per heavy atom. The van der Waals surface area contributed by atoms with Gasteiger partial charge in [-0.1, -0.05) is 0 Å². The highest BCUT2D eigenvalue weighted by molar-refractivity contribution is 5.65. The van der Waals surface area contributed by atoms with Crippen LogP contribution in [0.5, 0.6) is 0 Å². The van der Waals surface area contributed by atoms with E-state index in [1.807, 2.05) is 13.8 Å². The fraction of sp³-hybridized carbons (Fsp3) is 0.923. The third-order valence-corrected chi connectivity index (χ3v) is 1.12. The van der Waals surface area contributed by atoms with Crippen molar-refractivity contribution in [2.75, 3.05) is 39.6 Å². The lowest BCUT2D eigenvalue weighted by Gasteiger charge is -1.90. The van der Waals surface area contributed by atoms with Crippen molar-refractivity contribution in [1.29, 1.82) is 0 Å². The summed E-state index contributed by atoms with van der Waals surface area (Å²) < 4.78 is 9.24. The molecule has 0 fully saturated rings. The van der Waals surface area contributed by atoms with E-state index in [0.717, 1.165) is 13.2 Å². The maximum atomic E-state index is 9.82. The first kappa shape index (κ1) is 27.6. The van der Waals surface area contributed by atoms with Crippen molar-refractivity contribution in [2.45, 2.75) is 40.7 Å². The first-order valence-electron chi connectivity index (χ1n) is 6.59. The van der Waals surface area contributed by atoms with Crippen molar-refractivity contribution in [2.24, 2.45) is 0 Å². The lowest BCUT2D eigenvalue weighted by molar-refractivity contribution is -0.140. The molecule has 0 amide bonds. The molecule has 7 heteroatoms. The average molecular weight is 300 g/mol. The number of rotatable bonds is 5. The van der Waals surface area contributed by atoms with Crippen LogP contribution in [0.2, 0.25) is 0 Å². The van der Waals surface area contributed by atoms with Gasteiger partial charge in [0.25, 0.3) is 0 Å². The van der Waals surface area contributed by atoms with Crippen LogP contribution in [-0.4, -0.2) is 72.1 Å². The molecule has 4 N–H and O–H groups in total. The minimum Gasteiger partial charge on any atom is -0.466 e. The van der Waals surface area contributed by atoms with Crippen molar-refractivity contribution in [3.8, 4) is 0 Å². The van der Waals surface area contributed by atoms with Gasteiger partial charge in [-0.25, -0.2) is 0 Å². The van der Waals surface area contributed by atoms with E-state index in [4.69, 9.17) is 25.2 Å². The molecule has 126 valence electrons. The van der Waals surface area contributed by atoms with Gasteiger partial charge in [0.05, 0.1) is 32.5 Å². The van der Waals surface area contributed by atoms with Crippen molar-refractivity contribution in [3.05, 3.63) is 0 Å². The SMILES string of the molecule is CC(O)CO.CCOC(C)=O.CCOCC.OCCO. The Morgan fingerprint density at radius 1 is 1.00 bits per heavy atom. The molecule has 0 aliphatic carbocycles. The number of hydrogen-bond donors (Lipinski definition) is 4. The second-order valence-electron chi connectivity index (χ2n) is 3.18. The number of carbonyl (C=O) groups excluding carboxylic acids is 1. The van der Waals surface area contributed by atoms with Gasteiger partial charge in [0, 0.05) is 20.1 Å². The molecule has 0 saturated heterocycles. The number of aliphatic hydroxyl groups excluding tert-OH is 4. The molecule has 0 aliphatic rings. The van der Waals surface area contributed by atoms with Crippen molar-refractivity contribution < 1.29 is 34.7 Å². The number of esters is 1. The number of carbonyl (C=O) groups is 1. The van der Waals surface area contributed by atoms with Crippen LogP contribution >= 0.6 is 0 Å². The monoisotopic (exact) mass is 300 g/mol. The molecule has 7 nitrogen and oxygen atoms in total. The van der Waals surface area contributed by atoms with E-state index >= 15 is 0 Å². The molecule has 0 aromatic carbocycles. The molecular formula is C13H32O7. The zero-order valence-electron chi connectivity index (χ0n) is 13.3. The summed E-state index contributed by atoms with van der Waals surface area (Å²) in [6.07, 6.45) is -0.560. The Kier molecular flexibility index (Phi) is 42.7. The molecular weight excluding hydrogens is 268 g/mol. The quantitative estimate of drug-likeness (QED) is 0.526. The molecule has 0 saturated carbocycles. The molecule has 0 heterocycles. The molecule has 0 rings (SSSR count). The average Bonchev–Trinajstić information content (AvgIpc) is 2.41. The van der Waals surface area contributed by atoms with Crippen molar-refractivity contribution in [1.82, 2.24) is 0 Å². The molecule has 20 heavy (non-hydrogen) atoms. The Morgan fingerprint density at radius 2 is 1.35 bits per heavy atom. The predicted molar refractivity (Wildman–Crippen MR) is 77.4 cm³/mol. The zero-order valence-corrected chi connectivity index (χ0v) is 13.3. The number of hydrogen-bond acceptors (Lipinski definition) is 7. The van der Waals surface area contributed by atoms with E-state index in [1.54, 1.807) is 6.92 Å². The van der Waals surface area contributed by atoms with Gasteiger partial charge in [0.15, 0.2) is 0 Å². The van der Waals surface area contributed by atoms with Gasteiger partial charge in [-0.2, -0.15) is 0 Å². The molecule has 0 radical (unpaired) electrons. The predicted octanol–water partition coefficient (Wildman–Crippen LogP) is -0.0573. The number of aliphatic hydroxyl groups is 4. The van der Waals surface area contributed by atoms with Crippen LogP contribution in [0.25, 0.3) is 0 Å². The maximum Gasteiger partial charge on any atom is 0.302 e. The molecule has 0 spiro atoms. The Bertz CT molecular complexity index is 148. The van der Waals surface area contributed by atoms with E-state index in [2.05, 4.69) is 4.74 Å². The fourth-order valence-corrected chi connectivity index (χ4v) is 0.407. The van der Waals surface area contributed by atoms with Gasteiger partial charge in [-0.3, -0.25) is 4.79 Å². The lowest BCUT2D eigenvalue weighted by atomic mass is 10.5. The third-order valence-electron chi connectivity index (χ3n) is 1.12. The van der Waals surface area contributed by atoms with Crippen molar-refractivity contribution >= 4 is 5.97 Å². The van der Waals surface area contributed by atoms with Gasteiger partial charge in [-0.15, -0.1) is 0 Å². The van der Waals surface area contributed by atoms with Crippen LogP contribution in [0, 0.1) is 0 Å². The highest BCUT2D eigenvalue weighted by Crippen LogP contribution is 1.69. The van der Waals surface area contributed by atoms with Gasteiger partial charge >= 0.3 is 5.97 Å². The Balaban J connectivity index is -0.0000000862. The summed E-state index contributed by atoms with van der Waals surface area (Å²) >= 11 is 0. The van der Waals surface area contributed by atoms with E-state index in [-0.39, 0.29) is 25.8 Å². The topological polar surface area (TPSA) is 116 Å². The highest BCUT2D eigenvalue weighted by atomic mass is 16.5. The van der Waals surface area contributed by atoms with Crippen molar-refractivity contribution in [3.63, 3.8) is 0 Å². The highest BCUT2D eigenvalue weighted by Gasteiger charge is 1.83. The third kappa shape index (κ3) is 86.5. The molecule has 0 aromatic heterocycles. The summed E-state index contributed by atoms with van der Waals surface area (Å²) in [5.41, 5.74) is 0. The second kappa shape index (κ2) is 30.9. The Hall–Kier alpha value is -0.730. The summed E-state index contributed by atoms with van der Waals surface area (Å²) in [7, 11) is 0. The van der Waals surface area contributed by atoms with Gasteiger partial charge in [0.1, 0.15) is 0 Å².